The van der Waals surface area contributed by atoms with Gasteiger partial charge in [-0.05, 0) is 23.8 Å². The van der Waals surface area contributed by atoms with Crippen LogP contribution in [0.2, 0.25) is 0 Å². The molecule has 4 nitrogen and oxygen atoms in total. The molecule has 0 bridgehead atoms. The summed E-state index contributed by atoms with van der Waals surface area (Å²) >= 11 is 0. The first kappa shape index (κ1) is 12.7. The molecule has 0 radical (unpaired) electrons. The number of methoxy groups -OCH3 is 1. The van der Waals surface area contributed by atoms with Crippen molar-refractivity contribution in [1.82, 2.24) is 9.55 Å². The van der Waals surface area contributed by atoms with Gasteiger partial charge < -0.3 is 14.4 Å². The molecule has 0 saturated carbocycles. The highest BCUT2D eigenvalue weighted by Crippen LogP contribution is 2.21. The molecular formula is C16H16N2O2. The Morgan fingerprint density at radius 3 is 2.80 bits per heavy atom. The average Bonchev–Trinajstić information content (AvgIpc) is 2.90. The lowest BCUT2D eigenvalue weighted by atomic mass is 10.1. The maximum absolute atomic E-state index is 9.36. The number of aromatic nitrogens is 2. The van der Waals surface area contributed by atoms with Crippen LogP contribution in [-0.2, 0) is 13.2 Å². The van der Waals surface area contributed by atoms with Crippen LogP contribution in [0.4, 0.5) is 0 Å². The molecule has 3 aromatic rings. The Kier molecular flexibility index (Phi) is 3.39. The van der Waals surface area contributed by atoms with Gasteiger partial charge in [0.15, 0.2) is 0 Å². The molecule has 0 amide bonds. The lowest BCUT2D eigenvalue weighted by molar-refractivity contribution is 0.283. The van der Waals surface area contributed by atoms with E-state index in [2.05, 4.69) is 15.6 Å². The molecule has 102 valence electrons. The number of aliphatic hydroxyl groups is 1. The van der Waals surface area contributed by atoms with Crippen molar-refractivity contribution in [2.45, 2.75) is 13.2 Å². The van der Waals surface area contributed by atoms with Crippen molar-refractivity contribution >= 4 is 10.9 Å². The van der Waals surface area contributed by atoms with Crippen molar-refractivity contribution in [2.24, 2.45) is 0 Å². The molecule has 2 heterocycles. The van der Waals surface area contributed by atoms with E-state index < -0.39 is 0 Å². The molecule has 1 aromatic carbocycles. The van der Waals surface area contributed by atoms with Crippen LogP contribution >= 0.6 is 0 Å². The Bertz CT molecular complexity index is 734. The highest BCUT2D eigenvalue weighted by Gasteiger charge is 2.06. The van der Waals surface area contributed by atoms with Crippen molar-refractivity contribution in [2.75, 3.05) is 7.11 Å². The molecular weight excluding hydrogens is 252 g/mol. The summed E-state index contributed by atoms with van der Waals surface area (Å²) in [6.07, 6.45) is 2.02. The van der Waals surface area contributed by atoms with E-state index in [1.807, 2.05) is 42.6 Å². The van der Waals surface area contributed by atoms with Gasteiger partial charge in [-0.25, -0.2) is 4.98 Å². The van der Waals surface area contributed by atoms with Crippen molar-refractivity contribution in [3.05, 3.63) is 59.9 Å². The molecule has 0 spiro atoms. The monoisotopic (exact) mass is 268 g/mol. The predicted molar refractivity (Wildman–Crippen MR) is 77.8 cm³/mol. The Labute approximate surface area is 117 Å². The zero-order valence-electron chi connectivity index (χ0n) is 11.3. The van der Waals surface area contributed by atoms with Gasteiger partial charge in [0.2, 0.25) is 5.88 Å². The Morgan fingerprint density at radius 1 is 1.15 bits per heavy atom. The fourth-order valence-electron chi connectivity index (χ4n) is 2.40. The first-order valence-corrected chi connectivity index (χ1v) is 6.49. The largest absolute Gasteiger partial charge is 0.481 e. The summed E-state index contributed by atoms with van der Waals surface area (Å²) in [5.74, 6) is 0.620. The van der Waals surface area contributed by atoms with Crippen LogP contribution in [0, 0.1) is 0 Å². The molecule has 0 fully saturated rings. The maximum Gasteiger partial charge on any atom is 0.213 e. The van der Waals surface area contributed by atoms with E-state index in [0.29, 0.717) is 12.4 Å². The zero-order chi connectivity index (χ0) is 13.9. The zero-order valence-corrected chi connectivity index (χ0v) is 11.3. The van der Waals surface area contributed by atoms with Gasteiger partial charge in [-0.3, -0.25) is 0 Å². The van der Waals surface area contributed by atoms with Crippen LogP contribution < -0.4 is 4.74 Å². The number of benzene rings is 1. The molecule has 0 atom stereocenters. The smallest absolute Gasteiger partial charge is 0.213 e. The highest BCUT2D eigenvalue weighted by molar-refractivity contribution is 5.83. The summed E-state index contributed by atoms with van der Waals surface area (Å²) in [4.78, 5) is 4.42. The summed E-state index contributed by atoms with van der Waals surface area (Å²) in [5.41, 5.74) is 2.98. The molecule has 1 N–H and O–H groups in total. The first-order chi connectivity index (χ1) is 9.81. The van der Waals surface area contributed by atoms with Gasteiger partial charge >= 0.3 is 0 Å². The molecule has 0 aliphatic carbocycles. The highest BCUT2D eigenvalue weighted by atomic mass is 16.5. The van der Waals surface area contributed by atoms with Gasteiger partial charge in [-0.1, -0.05) is 18.2 Å². The van der Waals surface area contributed by atoms with E-state index in [0.717, 1.165) is 22.2 Å². The number of fused-ring (bicyclic) bond motifs is 1. The number of hydrogen-bond acceptors (Lipinski definition) is 3. The van der Waals surface area contributed by atoms with Crippen LogP contribution in [0.5, 0.6) is 5.88 Å². The molecule has 20 heavy (non-hydrogen) atoms. The average molecular weight is 268 g/mol. The summed E-state index contributed by atoms with van der Waals surface area (Å²) in [6, 6.07) is 13.7. The Balaban J connectivity index is 1.98. The number of hydrogen-bond donors (Lipinski definition) is 1. The lowest BCUT2D eigenvalue weighted by Gasteiger charge is -2.07. The van der Waals surface area contributed by atoms with Gasteiger partial charge in [0, 0.05) is 23.2 Å². The minimum atomic E-state index is 0.0543. The Hall–Kier alpha value is -2.33. The van der Waals surface area contributed by atoms with Crippen LogP contribution in [0.3, 0.4) is 0 Å². The molecule has 2 aromatic heterocycles. The number of pyridine rings is 1. The minimum absolute atomic E-state index is 0.0543. The summed E-state index contributed by atoms with van der Waals surface area (Å²) in [6.45, 7) is 0.731. The second kappa shape index (κ2) is 5.35. The van der Waals surface area contributed by atoms with Crippen LogP contribution in [-0.4, -0.2) is 21.8 Å². The fourth-order valence-corrected chi connectivity index (χ4v) is 2.40. The quantitative estimate of drug-likeness (QED) is 0.791. The third kappa shape index (κ3) is 2.26. The molecule has 0 unspecified atom stereocenters. The normalized spacial score (nSPS) is 10.9. The molecule has 4 heteroatoms. The standard InChI is InChI=1S/C16H16N2O2/c1-20-16-7-3-5-13(17-16)10-18-9-8-14-12(11-19)4-2-6-15(14)18/h2-9,19H,10-11H2,1H3. The molecule has 0 saturated heterocycles. The van der Waals surface area contributed by atoms with Crippen LogP contribution in [0.15, 0.2) is 48.7 Å². The topological polar surface area (TPSA) is 47.3 Å². The van der Waals surface area contributed by atoms with Gasteiger partial charge in [-0.15, -0.1) is 0 Å². The van der Waals surface area contributed by atoms with Crippen molar-refractivity contribution < 1.29 is 9.84 Å². The summed E-state index contributed by atoms with van der Waals surface area (Å²) in [7, 11) is 1.62. The van der Waals surface area contributed by atoms with Gasteiger partial charge in [0.1, 0.15) is 0 Å². The summed E-state index contributed by atoms with van der Waals surface area (Å²) in [5, 5.41) is 10.4. The lowest BCUT2D eigenvalue weighted by Crippen LogP contribution is -2.01. The predicted octanol–water partition coefficient (Wildman–Crippen LogP) is 2.59. The van der Waals surface area contributed by atoms with E-state index in [-0.39, 0.29) is 6.61 Å². The number of aliphatic hydroxyl groups excluding tert-OH is 1. The number of ether oxygens (including phenoxy) is 1. The molecule has 3 rings (SSSR count). The fraction of sp³-hybridized carbons (Fsp3) is 0.188. The Morgan fingerprint density at radius 2 is 2.00 bits per heavy atom. The van der Waals surface area contributed by atoms with E-state index in [1.54, 1.807) is 7.11 Å². The summed E-state index contributed by atoms with van der Waals surface area (Å²) < 4.78 is 7.27. The van der Waals surface area contributed by atoms with Crippen LogP contribution in [0.1, 0.15) is 11.3 Å². The first-order valence-electron chi connectivity index (χ1n) is 6.49. The van der Waals surface area contributed by atoms with Gasteiger partial charge in [0.05, 0.1) is 26.0 Å². The van der Waals surface area contributed by atoms with E-state index >= 15 is 0 Å². The minimum Gasteiger partial charge on any atom is -0.481 e. The van der Waals surface area contributed by atoms with Crippen molar-refractivity contribution in [1.29, 1.82) is 0 Å². The van der Waals surface area contributed by atoms with E-state index in [4.69, 9.17) is 4.74 Å². The maximum atomic E-state index is 9.36. The third-order valence-electron chi connectivity index (χ3n) is 3.40. The SMILES string of the molecule is COc1cccc(Cn2ccc3c(CO)cccc32)n1. The van der Waals surface area contributed by atoms with Crippen molar-refractivity contribution in [3.8, 4) is 5.88 Å². The van der Waals surface area contributed by atoms with E-state index in [9.17, 15) is 5.11 Å². The molecule has 0 aliphatic heterocycles. The second-order valence-electron chi connectivity index (χ2n) is 4.62. The molecule has 0 aliphatic rings. The number of nitrogens with zero attached hydrogens (tertiary/aromatic N) is 2. The van der Waals surface area contributed by atoms with Crippen molar-refractivity contribution in [3.63, 3.8) is 0 Å². The second-order valence-corrected chi connectivity index (χ2v) is 4.62. The van der Waals surface area contributed by atoms with Crippen LogP contribution in [0.25, 0.3) is 10.9 Å². The van der Waals surface area contributed by atoms with Gasteiger partial charge in [-0.2, -0.15) is 0 Å². The van der Waals surface area contributed by atoms with E-state index in [1.165, 1.54) is 0 Å². The number of rotatable bonds is 4. The van der Waals surface area contributed by atoms with Gasteiger partial charge in [0.25, 0.3) is 0 Å². The third-order valence-corrected chi connectivity index (χ3v) is 3.40.